The van der Waals surface area contributed by atoms with E-state index in [9.17, 15) is 0 Å². The third kappa shape index (κ3) is 3.35. The number of aryl methyl sites for hydroxylation is 2. The normalized spacial score (nSPS) is 20.2. The Bertz CT molecular complexity index is 375. The number of hydrogen-bond donors (Lipinski definition) is 1. The molecule has 1 aliphatic rings. The molecule has 0 aliphatic heterocycles. The molecule has 0 amide bonds. The molecule has 1 heteroatoms. The van der Waals surface area contributed by atoms with Gasteiger partial charge >= 0.3 is 0 Å². The lowest BCUT2D eigenvalue weighted by Gasteiger charge is -2.27. The summed E-state index contributed by atoms with van der Waals surface area (Å²) in [6.45, 7) is 4.35. The van der Waals surface area contributed by atoms with Crippen molar-refractivity contribution in [3.63, 3.8) is 0 Å². The molecule has 1 aliphatic carbocycles. The van der Waals surface area contributed by atoms with Gasteiger partial charge in [-0.3, -0.25) is 0 Å². The maximum Gasteiger partial charge on any atom is 0.0326 e. The van der Waals surface area contributed by atoms with E-state index in [0.717, 1.165) is 0 Å². The Morgan fingerprint density at radius 1 is 1.00 bits per heavy atom. The van der Waals surface area contributed by atoms with Crippen LogP contribution in [0.4, 0.5) is 0 Å². The lowest BCUT2D eigenvalue weighted by atomic mass is 9.82. The number of rotatable bonds is 2. The van der Waals surface area contributed by atoms with E-state index >= 15 is 0 Å². The minimum absolute atomic E-state index is 0.240. The average Bonchev–Trinajstić information content (AvgIpc) is 2.27. The van der Waals surface area contributed by atoms with E-state index in [4.69, 9.17) is 5.73 Å². The van der Waals surface area contributed by atoms with Crippen molar-refractivity contribution in [2.45, 2.75) is 64.8 Å². The first-order valence-electron chi connectivity index (χ1n) is 7.51. The Balaban J connectivity index is 2.10. The second-order valence-electron chi connectivity index (χ2n) is 5.99. The van der Waals surface area contributed by atoms with Crippen molar-refractivity contribution in [2.24, 2.45) is 11.7 Å². The van der Waals surface area contributed by atoms with Gasteiger partial charge in [-0.05, 0) is 43.7 Å². The third-order valence-electron chi connectivity index (χ3n) is 4.44. The van der Waals surface area contributed by atoms with E-state index in [-0.39, 0.29) is 6.04 Å². The van der Waals surface area contributed by atoms with E-state index in [0.29, 0.717) is 5.92 Å². The first kappa shape index (κ1) is 13.6. The summed E-state index contributed by atoms with van der Waals surface area (Å²) in [5.74, 6) is 0.687. The van der Waals surface area contributed by atoms with Crippen molar-refractivity contribution in [1.29, 1.82) is 0 Å². The van der Waals surface area contributed by atoms with Crippen molar-refractivity contribution in [1.82, 2.24) is 0 Å². The highest BCUT2D eigenvalue weighted by Crippen LogP contribution is 2.32. The Kier molecular flexibility index (Phi) is 4.82. The van der Waals surface area contributed by atoms with Crippen molar-refractivity contribution in [3.8, 4) is 0 Å². The molecule has 0 radical (unpaired) electrons. The van der Waals surface area contributed by atoms with Gasteiger partial charge < -0.3 is 5.73 Å². The molecular formula is C17H27N. The van der Waals surface area contributed by atoms with Crippen LogP contribution in [-0.2, 0) is 0 Å². The molecule has 18 heavy (non-hydrogen) atoms. The van der Waals surface area contributed by atoms with Crippen LogP contribution in [0, 0.1) is 19.8 Å². The predicted molar refractivity (Wildman–Crippen MR) is 78.7 cm³/mol. The monoisotopic (exact) mass is 245 g/mol. The van der Waals surface area contributed by atoms with E-state index in [1.54, 1.807) is 0 Å². The first-order chi connectivity index (χ1) is 8.68. The van der Waals surface area contributed by atoms with Crippen LogP contribution >= 0.6 is 0 Å². The third-order valence-corrected chi connectivity index (χ3v) is 4.44. The van der Waals surface area contributed by atoms with Crippen LogP contribution < -0.4 is 5.73 Å². The highest BCUT2D eigenvalue weighted by molar-refractivity contribution is 5.33. The fourth-order valence-electron chi connectivity index (χ4n) is 3.30. The molecule has 0 heterocycles. The summed E-state index contributed by atoms with van der Waals surface area (Å²) in [6.07, 6.45) is 9.58. The zero-order valence-electron chi connectivity index (χ0n) is 11.9. The van der Waals surface area contributed by atoms with E-state index in [1.807, 2.05) is 0 Å². The van der Waals surface area contributed by atoms with Gasteiger partial charge in [-0.1, -0.05) is 55.9 Å². The molecule has 1 fully saturated rings. The fraction of sp³-hybridized carbons (Fsp3) is 0.647. The minimum atomic E-state index is 0.240. The molecule has 1 aromatic carbocycles. The average molecular weight is 245 g/mol. The molecule has 0 aromatic heterocycles. The molecule has 100 valence electrons. The molecular weight excluding hydrogens is 218 g/mol. The van der Waals surface area contributed by atoms with Gasteiger partial charge in [-0.25, -0.2) is 0 Å². The van der Waals surface area contributed by atoms with Crippen LogP contribution in [0.3, 0.4) is 0 Å². The predicted octanol–water partition coefficient (Wildman–Crippen LogP) is 4.66. The highest BCUT2D eigenvalue weighted by atomic mass is 14.7. The Labute approximate surface area is 112 Å². The maximum absolute atomic E-state index is 6.54. The number of hydrogen-bond acceptors (Lipinski definition) is 1. The largest absolute Gasteiger partial charge is 0.324 e. The van der Waals surface area contributed by atoms with Crippen LogP contribution in [0.25, 0.3) is 0 Å². The molecule has 0 bridgehead atoms. The minimum Gasteiger partial charge on any atom is -0.324 e. The molecule has 1 atom stereocenters. The summed E-state index contributed by atoms with van der Waals surface area (Å²) in [6, 6.07) is 6.95. The second-order valence-corrected chi connectivity index (χ2v) is 5.99. The van der Waals surface area contributed by atoms with E-state index in [1.165, 1.54) is 61.6 Å². The second kappa shape index (κ2) is 6.38. The fourth-order valence-corrected chi connectivity index (χ4v) is 3.30. The zero-order chi connectivity index (χ0) is 13.0. The summed E-state index contributed by atoms with van der Waals surface area (Å²) in [5, 5.41) is 0. The van der Waals surface area contributed by atoms with Gasteiger partial charge in [0.15, 0.2) is 0 Å². The highest BCUT2D eigenvalue weighted by Gasteiger charge is 2.21. The Morgan fingerprint density at radius 2 is 1.61 bits per heavy atom. The summed E-state index contributed by atoms with van der Waals surface area (Å²) >= 11 is 0. The standard InChI is InChI=1S/C17H27N/c1-13-10-11-16(14(2)12-13)17(18)15-8-6-4-3-5-7-9-15/h10-12,15,17H,3-9,18H2,1-2H3. The van der Waals surface area contributed by atoms with Gasteiger partial charge in [0, 0.05) is 6.04 Å². The van der Waals surface area contributed by atoms with Crippen LogP contribution in [0.1, 0.15) is 67.7 Å². The van der Waals surface area contributed by atoms with Gasteiger partial charge in [0.2, 0.25) is 0 Å². The van der Waals surface area contributed by atoms with Crippen molar-refractivity contribution in [2.75, 3.05) is 0 Å². The van der Waals surface area contributed by atoms with Crippen LogP contribution in [0.5, 0.6) is 0 Å². The number of benzene rings is 1. The van der Waals surface area contributed by atoms with Crippen LogP contribution in [-0.4, -0.2) is 0 Å². The SMILES string of the molecule is Cc1ccc(C(N)C2CCCCCCC2)c(C)c1. The quantitative estimate of drug-likeness (QED) is 0.805. The van der Waals surface area contributed by atoms with Gasteiger partial charge in [0.1, 0.15) is 0 Å². The summed E-state index contributed by atoms with van der Waals surface area (Å²) < 4.78 is 0. The molecule has 1 unspecified atom stereocenters. The maximum atomic E-state index is 6.54. The van der Waals surface area contributed by atoms with Gasteiger partial charge in [-0.15, -0.1) is 0 Å². The van der Waals surface area contributed by atoms with Crippen LogP contribution in [0.15, 0.2) is 18.2 Å². The van der Waals surface area contributed by atoms with Crippen molar-refractivity contribution in [3.05, 3.63) is 34.9 Å². The molecule has 2 rings (SSSR count). The molecule has 0 spiro atoms. The Hall–Kier alpha value is -0.820. The van der Waals surface area contributed by atoms with Gasteiger partial charge in [0.05, 0.1) is 0 Å². The Morgan fingerprint density at radius 3 is 2.22 bits per heavy atom. The van der Waals surface area contributed by atoms with Crippen molar-refractivity contribution < 1.29 is 0 Å². The number of nitrogens with two attached hydrogens (primary N) is 1. The summed E-state index contributed by atoms with van der Waals surface area (Å²) in [7, 11) is 0. The zero-order valence-corrected chi connectivity index (χ0v) is 11.9. The topological polar surface area (TPSA) is 26.0 Å². The summed E-state index contributed by atoms with van der Waals surface area (Å²) in [5.41, 5.74) is 10.6. The van der Waals surface area contributed by atoms with Gasteiger partial charge in [0.25, 0.3) is 0 Å². The lowest BCUT2D eigenvalue weighted by Crippen LogP contribution is -2.23. The van der Waals surface area contributed by atoms with Crippen LogP contribution in [0.2, 0.25) is 0 Å². The molecule has 1 aromatic rings. The van der Waals surface area contributed by atoms with Crippen molar-refractivity contribution >= 4 is 0 Å². The summed E-state index contributed by atoms with van der Waals surface area (Å²) in [4.78, 5) is 0. The molecule has 0 saturated heterocycles. The van der Waals surface area contributed by atoms with Gasteiger partial charge in [-0.2, -0.15) is 0 Å². The first-order valence-corrected chi connectivity index (χ1v) is 7.51. The molecule has 2 N–H and O–H groups in total. The van der Waals surface area contributed by atoms with E-state index < -0.39 is 0 Å². The molecule has 1 nitrogen and oxygen atoms in total. The lowest BCUT2D eigenvalue weighted by molar-refractivity contribution is 0.327. The smallest absolute Gasteiger partial charge is 0.0326 e. The van der Waals surface area contributed by atoms with E-state index in [2.05, 4.69) is 32.0 Å². The molecule has 1 saturated carbocycles.